The Labute approximate surface area is 172 Å². The van der Waals surface area contributed by atoms with Crippen molar-refractivity contribution in [1.82, 2.24) is 9.97 Å². The molecule has 156 valence electrons. The van der Waals surface area contributed by atoms with Gasteiger partial charge in [-0.05, 0) is 62.8 Å². The Kier molecular flexibility index (Phi) is 7.20. The van der Waals surface area contributed by atoms with Crippen molar-refractivity contribution < 1.29 is 19.0 Å². The number of aromatic nitrogens is 2. The Morgan fingerprint density at radius 2 is 1.93 bits per heavy atom. The van der Waals surface area contributed by atoms with Gasteiger partial charge >= 0.3 is 0 Å². The molecule has 3 rings (SSSR count). The van der Waals surface area contributed by atoms with E-state index in [0.29, 0.717) is 31.4 Å². The van der Waals surface area contributed by atoms with Crippen LogP contribution >= 0.6 is 0 Å². The standard InChI is InChI=1S/C23H30N2O4/c1-15(9-16(2)26)12-28-21-10-18(11-21)13-29-23-17(3)22(24-14-25-23)19-5-7-20(27-4)8-6-19/h5-8,14-15,18,21H,9-13H2,1-4H3/t15-,18?,21?/m1/s1. The first-order chi connectivity index (χ1) is 14.0. The molecule has 1 atom stereocenters. The predicted molar refractivity (Wildman–Crippen MR) is 111 cm³/mol. The summed E-state index contributed by atoms with van der Waals surface area (Å²) in [6, 6.07) is 7.81. The van der Waals surface area contributed by atoms with E-state index in [2.05, 4.69) is 16.9 Å². The largest absolute Gasteiger partial charge is 0.497 e. The Hall–Kier alpha value is -2.47. The molecule has 0 saturated heterocycles. The number of hydrogen-bond donors (Lipinski definition) is 0. The highest BCUT2D eigenvalue weighted by Gasteiger charge is 2.31. The van der Waals surface area contributed by atoms with Crippen LogP contribution in [-0.2, 0) is 9.53 Å². The van der Waals surface area contributed by atoms with Gasteiger partial charge in [-0.1, -0.05) is 6.92 Å². The number of nitrogens with zero attached hydrogens (tertiary/aromatic N) is 2. The molecular formula is C23H30N2O4. The van der Waals surface area contributed by atoms with Gasteiger partial charge in [-0.15, -0.1) is 0 Å². The maximum absolute atomic E-state index is 11.1. The number of hydrogen-bond acceptors (Lipinski definition) is 6. The van der Waals surface area contributed by atoms with E-state index in [9.17, 15) is 4.79 Å². The van der Waals surface area contributed by atoms with Crippen molar-refractivity contribution in [3.63, 3.8) is 0 Å². The molecule has 29 heavy (non-hydrogen) atoms. The van der Waals surface area contributed by atoms with Crippen molar-refractivity contribution in [2.75, 3.05) is 20.3 Å². The molecule has 0 unspecified atom stereocenters. The number of carbonyl (C=O) groups is 1. The summed E-state index contributed by atoms with van der Waals surface area (Å²) in [6.07, 6.45) is 4.39. The number of rotatable bonds is 10. The lowest BCUT2D eigenvalue weighted by atomic mass is 9.83. The summed E-state index contributed by atoms with van der Waals surface area (Å²) in [6.45, 7) is 6.94. The van der Waals surface area contributed by atoms with E-state index in [4.69, 9.17) is 14.2 Å². The zero-order valence-electron chi connectivity index (χ0n) is 17.7. The number of methoxy groups -OCH3 is 1. The summed E-state index contributed by atoms with van der Waals surface area (Å²) < 4.78 is 17.1. The van der Waals surface area contributed by atoms with E-state index in [1.165, 1.54) is 0 Å². The third-order valence-corrected chi connectivity index (χ3v) is 5.30. The minimum absolute atomic E-state index is 0.218. The van der Waals surface area contributed by atoms with Gasteiger partial charge < -0.3 is 19.0 Å². The molecule has 6 nitrogen and oxygen atoms in total. The number of ketones is 1. The fourth-order valence-corrected chi connectivity index (χ4v) is 3.61. The zero-order valence-corrected chi connectivity index (χ0v) is 17.7. The van der Waals surface area contributed by atoms with E-state index in [0.717, 1.165) is 35.4 Å². The molecule has 0 N–H and O–H groups in total. The molecule has 0 radical (unpaired) electrons. The van der Waals surface area contributed by atoms with Gasteiger partial charge in [0.2, 0.25) is 5.88 Å². The number of benzene rings is 1. The number of Topliss-reactive ketones (excluding diaryl/α,β-unsaturated/α-hetero) is 1. The minimum Gasteiger partial charge on any atom is -0.497 e. The SMILES string of the molecule is COc1ccc(-c2ncnc(OCC3CC(OC[C@H](C)CC(C)=O)C3)c2C)cc1. The topological polar surface area (TPSA) is 70.5 Å². The van der Waals surface area contributed by atoms with Gasteiger partial charge in [0.15, 0.2) is 0 Å². The number of ether oxygens (including phenoxy) is 3. The van der Waals surface area contributed by atoms with Gasteiger partial charge in [-0.2, -0.15) is 0 Å². The highest BCUT2D eigenvalue weighted by Crippen LogP contribution is 2.32. The summed E-state index contributed by atoms with van der Waals surface area (Å²) in [5.41, 5.74) is 2.81. The van der Waals surface area contributed by atoms with Gasteiger partial charge in [-0.25, -0.2) is 9.97 Å². The lowest BCUT2D eigenvalue weighted by Gasteiger charge is -2.35. The van der Waals surface area contributed by atoms with Crippen LogP contribution in [0, 0.1) is 18.8 Å². The lowest BCUT2D eigenvalue weighted by molar-refractivity contribution is -0.119. The predicted octanol–water partition coefficient (Wildman–Crippen LogP) is 4.25. The van der Waals surface area contributed by atoms with Gasteiger partial charge in [0, 0.05) is 24.2 Å². The van der Waals surface area contributed by atoms with Crippen LogP contribution in [0.3, 0.4) is 0 Å². The van der Waals surface area contributed by atoms with Crippen LogP contribution in [0.5, 0.6) is 11.6 Å². The second kappa shape index (κ2) is 9.83. The van der Waals surface area contributed by atoms with Crippen LogP contribution in [0.1, 0.15) is 38.7 Å². The van der Waals surface area contributed by atoms with Crippen molar-refractivity contribution in [3.8, 4) is 22.9 Å². The Balaban J connectivity index is 1.48. The normalized spacial score (nSPS) is 19.3. The van der Waals surface area contributed by atoms with E-state index in [1.807, 2.05) is 31.2 Å². The molecule has 0 spiro atoms. The second-order valence-corrected chi connectivity index (χ2v) is 8.00. The van der Waals surface area contributed by atoms with Crippen LogP contribution in [0.25, 0.3) is 11.3 Å². The van der Waals surface area contributed by atoms with Crippen molar-refractivity contribution in [3.05, 3.63) is 36.2 Å². The monoisotopic (exact) mass is 398 g/mol. The lowest BCUT2D eigenvalue weighted by Crippen LogP contribution is -2.36. The highest BCUT2D eigenvalue weighted by molar-refractivity contribution is 5.75. The highest BCUT2D eigenvalue weighted by atomic mass is 16.5. The first-order valence-corrected chi connectivity index (χ1v) is 10.2. The molecule has 1 aliphatic rings. The smallest absolute Gasteiger partial charge is 0.219 e. The third kappa shape index (κ3) is 5.76. The zero-order chi connectivity index (χ0) is 20.8. The summed E-state index contributed by atoms with van der Waals surface area (Å²) in [4.78, 5) is 19.9. The fourth-order valence-electron chi connectivity index (χ4n) is 3.61. The Bertz CT molecular complexity index is 816. The molecule has 1 saturated carbocycles. The fraction of sp³-hybridized carbons (Fsp3) is 0.522. The third-order valence-electron chi connectivity index (χ3n) is 5.30. The first kappa shape index (κ1) is 21.2. The van der Waals surface area contributed by atoms with Gasteiger partial charge in [0.05, 0.1) is 25.5 Å². The van der Waals surface area contributed by atoms with Crippen LogP contribution in [0.4, 0.5) is 0 Å². The molecule has 0 aliphatic heterocycles. The van der Waals surface area contributed by atoms with Gasteiger partial charge in [0.1, 0.15) is 17.9 Å². The first-order valence-electron chi connectivity index (χ1n) is 10.2. The number of carbonyl (C=O) groups excluding carboxylic acids is 1. The minimum atomic E-state index is 0.218. The maximum Gasteiger partial charge on any atom is 0.219 e. The molecule has 1 fully saturated rings. The summed E-state index contributed by atoms with van der Waals surface area (Å²) >= 11 is 0. The van der Waals surface area contributed by atoms with Gasteiger partial charge in [-0.3, -0.25) is 0 Å². The van der Waals surface area contributed by atoms with Crippen molar-refractivity contribution in [2.24, 2.45) is 11.8 Å². The van der Waals surface area contributed by atoms with Crippen LogP contribution in [0.15, 0.2) is 30.6 Å². The second-order valence-electron chi connectivity index (χ2n) is 8.00. The average Bonchev–Trinajstić information content (AvgIpc) is 2.67. The van der Waals surface area contributed by atoms with Crippen molar-refractivity contribution in [2.45, 2.75) is 46.1 Å². The van der Waals surface area contributed by atoms with Crippen LogP contribution < -0.4 is 9.47 Å². The molecule has 1 aliphatic carbocycles. The van der Waals surface area contributed by atoms with E-state index in [-0.39, 0.29) is 17.8 Å². The van der Waals surface area contributed by atoms with Crippen LogP contribution in [-0.4, -0.2) is 42.2 Å². The van der Waals surface area contributed by atoms with E-state index < -0.39 is 0 Å². The summed E-state index contributed by atoms with van der Waals surface area (Å²) in [7, 11) is 1.65. The van der Waals surface area contributed by atoms with E-state index in [1.54, 1.807) is 20.4 Å². The molecule has 6 heteroatoms. The molecule has 0 amide bonds. The quantitative estimate of drug-likeness (QED) is 0.596. The molecular weight excluding hydrogens is 368 g/mol. The van der Waals surface area contributed by atoms with Crippen molar-refractivity contribution in [1.29, 1.82) is 0 Å². The molecule has 2 aromatic rings. The Morgan fingerprint density at radius 3 is 2.59 bits per heavy atom. The molecule has 1 aromatic carbocycles. The van der Waals surface area contributed by atoms with Crippen molar-refractivity contribution >= 4 is 5.78 Å². The van der Waals surface area contributed by atoms with E-state index >= 15 is 0 Å². The summed E-state index contributed by atoms with van der Waals surface area (Å²) in [5, 5.41) is 0. The molecule has 0 bridgehead atoms. The van der Waals surface area contributed by atoms with Gasteiger partial charge in [0.25, 0.3) is 0 Å². The maximum atomic E-state index is 11.1. The molecule has 1 aromatic heterocycles. The average molecular weight is 399 g/mol. The molecule has 1 heterocycles. The Morgan fingerprint density at radius 1 is 1.21 bits per heavy atom. The van der Waals surface area contributed by atoms with Crippen LogP contribution in [0.2, 0.25) is 0 Å². The summed E-state index contributed by atoms with van der Waals surface area (Å²) in [5.74, 6) is 2.42.